The van der Waals surface area contributed by atoms with E-state index < -0.39 is 12.1 Å². The highest BCUT2D eigenvalue weighted by atomic mass is 19.4. The van der Waals surface area contributed by atoms with E-state index in [1.54, 1.807) is 0 Å². The predicted octanol–water partition coefficient (Wildman–Crippen LogP) is 1.86. The molecule has 0 radical (unpaired) electrons. The zero-order chi connectivity index (χ0) is 9.90. The summed E-state index contributed by atoms with van der Waals surface area (Å²) in [5, 5.41) is 1.86. The molecule has 13 heavy (non-hydrogen) atoms. The van der Waals surface area contributed by atoms with E-state index in [1.807, 2.05) is 5.32 Å². The fourth-order valence-corrected chi connectivity index (χ4v) is 1.27. The van der Waals surface area contributed by atoms with Crippen molar-refractivity contribution in [1.82, 2.24) is 5.32 Å². The van der Waals surface area contributed by atoms with Crippen molar-refractivity contribution < 1.29 is 18.0 Å². The van der Waals surface area contributed by atoms with E-state index in [-0.39, 0.29) is 6.54 Å². The zero-order valence-electron chi connectivity index (χ0n) is 7.16. The van der Waals surface area contributed by atoms with E-state index in [2.05, 4.69) is 0 Å². The Bertz CT molecular complexity index is 186. The fraction of sp³-hybridized carbons (Fsp3) is 0.875. The van der Waals surface area contributed by atoms with Crippen LogP contribution in [0, 0.1) is 5.92 Å². The maximum Gasteiger partial charge on any atom is 0.471 e. The summed E-state index contributed by atoms with van der Waals surface area (Å²) in [6, 6.07) is 0. The number of hydrogen-bond donors (Lipinski definition) is 1. The Morgan fingerprint density at radius 3 is 2.38 bits per heavy atom. The highest BCUT2D eigenvalue weighted by Gasteiger charge is 2.38. The van der Waals surface area contributed by atoms with Gasteiger partial charge in [-0.1, -0.05) is 19.3 Å². The van der Waals surface area contributed by atoms with Gasteiger partial charge in [0.1, 0.15) is 0 Å². The lowest BCUT2D eigenvalue weighted by atomic mass is 9.83. The summed E-state index contributed by atoms with van der Waals surface area (Å²) in [5.41, 5.74) is 0. The second-order valence-electron chi connectivity index (χ2n) is 3.34. The summed E-state index contributed by atoms with van der Waals surface area (Å²) in [5.74, 6) is -1.31. The molecule has 0 aliphatic heterocycles. The number of rotatable bonds is 3. The summed E-state index contributed by atoms with van der Waals surface area (Å²) in [4.78, 5) is 10.3. The van der Waals surface area contributed by atoms with Crippen molar-refractivity contribution in [1.29, 1.82) is 0 Å². The summed E-state index contributed by atoms with van der Waals surface area (Å²) < 4.78 is 35.0. The molecule has 0 bridgehead atoms. The molecule has 0 atom stereocenters. The molecule has 0 aromatic heterocycles. The summed E-state index contributed by atoms with van der Waals surface area (Å²) in [6.45, 7) is 0.142. The lowest BCUT2D eigenvalue weighted by molar-refractivity contribution is -0.173. The first kappa shape index (κ1) is 10.3. The standard InChI is InChI=1S/C8H12F3NO/c9-8(10,11)7(13)12-5-4-6-2-1-3-6/h6H,1-5H2,(H,12,13). The molecule has 1 aliphatic carbocycles. The van der Waals surface area contributed by atoms with Crippen molar-refractivity contribution in [3.63, 3.8) is 0 Å². The van der Waals surface area contributed by atoms with Gasteiger partial charge >= 0.3 is 12.1 Å². The van der Waals surface area contributed by atoms with Gasteiger partial charge < -0.3 is 5.32 Å². The van der Waals surface area contributed by atoms with E-state index >= 15 is 0 Å². The first-order chi connectivity index (χ1) is 6.00. The lowest BCUT2D eigenvalue weighted by Gasteiger charge is -2.25. The normalized spacial score (nSPS) is 18.1. The summed E-state index contributed by atoms with van der Waals surface area (Å²) in [6.07, 6.45) is -0.733. The third kappa shape index (κ3) is 3.24. The maximum atomic E-state index is 11.7. The topological polar surface area (TPSA) is 29.1 Å². The molecule has 1 rings (SSSR count). The number of alkyl halides is 3. The van der Waals surface area contributed by atoms with Crippen LogP contribution in [0.4, 0.5) is 13.2 Å². The van der Waals surface area contributed by atoms with Crippen molar-refractivity contribution in [2.75, 3.05) is 6.54 Å². The summed E-state index contributed by atoms with van der Waals surface area (Å²) >= 11 is 0. The molecule has 0 heterocycles. The molecular formula is C8H12F3NO. The molecular weight excluding hydrogens is 183 g/mol. The highest BCUT2D eigenvalue weighted by molar-refractivity contribution is 5.81. The number of halogens is 3. The SMILES string of the molecule is O=C(NCCC1CCC1)C(F)(F)F. The third-order valence-corrected chi connectivity index (χ3v) is 2.32. The Kier molecular flexibility index (Phi) is 3.17. The zero-order valence-corrected chi connectivity index (χ0v) is 7.16. The van der Waals surface area contributed by atoms with Crippen LogP contribution in [0.3, 0.4) is 0 Å². The number of carbonyl (C=O) groups is 1. The van der Waals surface area contributed by atoms with Gasteiger partial charge in [0, 0.05) is 6.54 Å². The van der Waals surface area contributed by atoms with Crippen LogP contribution in [-0.4, -0.2) is 18.6 Å². The molecule has 0 unspecified atom stereocenters. The molecule has 0 aromatic carbocycles. The second kappa shape index (κ2) is 3.98. The van der Waals surface area contributed by atoms with Gasteiger partial charge in [-0.05, 0) is 12.3 Å². The van der Waals surface area contributed by atoms with Gasteiger partial charge in [0.25, 0.3) is 0 Å². The van der Waals surface area contributed by atoms with Crippen LogP contribution >= 0.6 is 0 Å². The molecule has 0 saturated heterocycles. The average molecular weight is 195 g/mol. The van der Waals surface area contributed by atoms with Crippen LogP contribution in [-0.2, 0) is 4.79 Å². The van der Waals surface area contributed by atoms with Gasteiger partial charge in [-0.15, -0.1) is 0 Å². The number of amides is 1. The highest BCUT2D eigenvalue weighted by Crippen LogP contribution is 2.28. The van der Waals surface area contributed by atoms with E-state index in [4.69, 9.17) is 0 Å². The minimum Gasteiger partial charge on any atom is -0.348 e. The van der Waals surface area contributed by atoms with Crippen molar-refractivity contribution in [3.05, 3.63) is 0 Å². The molecule has 1 N–H and O–H groups in total. The van der Waals surface area contributed by atoms with E-state index in [0.717, 1.165) is 19.3 Å². The molecule has 2 nitrogen and oxygen atoms in total. The van der Waals surface area contributed by atoms with Crippen LogP contribution in [0.25, 0.3) is 0 Å². The van der Waals surface area contributed by atoms with E-state index in [9.17, 15) is 18.0 Å². The van der Waals surface area contributed by atoms with E-state index in [0.29, 0.717) is 12.3 Å². The van der Waals surface area contributed by atoms with Gasteiger partial charge in [0.05, 0.1) is 0 Å². The van der Waals surface area contributed by atoms with Gasteiger partial charge in [-0.25, -0.2) is 0 Å². The Morgan fingerprint density at radius 2 is 2.00 bits per heavy atom. The van der Waals surface area contributed by atoms with Crippen molar-refractivity contribution in [2.45, 2.75) is 31.9 Å². The van der Waals surface area contributed by atoms with Crippen LogP contribution < -0.4 is 5.32 Å². The van der Waals surface area contributed by atoms with Crippen molar-refractivity contribution in [2.24, 2.45) is 5.92 Å². The maximum absolute atomic E-state index is 11.7. The molecule has 1 saturated carbocycles. The van der Waals surface area contributed by atoms with Crippen molar-refractivity contribution in [3.8, 4) is 0 Å². The minimum atomic E-state index is -4.74. The molecule has 76 valence electrons. The number of carbonyl (C=O) groups excluding carboxylic acids is 1. The molecule has 1 amide bonds. The number of hydrogen-bond acceptors (Lipinski definition) is 1. The van der Waals surface area contributed by atoms with Crippen LogP contribution in [0.15, 0.2) is 0 Å². The Labute approximate surface area is 74.5 Å². The minimum absolute atomic E-state index is 0.142. The first-order valence-corrected chi connectivity index (χ1v) is 4.35. The molecule has 0 spiro atoms. The molecule has 1 aliphatic rings. The second-order valence-corrected chi connectivity index (χ2v) is 3.34. The fourth-order valence-electron chi connectivity index (χ4n) is 1.27. The Hall–Kier alpha value is -0.740. The Morgan fingerprint density at radius 1 is 1.38 bits per heavy atom. The Balaban J connectivity index is 2.08. The molecule has 5 heteroatoms. The largest absolute Gasteiger partial charge is 0.471 e. The lowest BCUT2D eigenvalue weighted by Crippen LogP contribution is -2.38. The van der Waals surface area contributed by atoms with Gasteiger partial charge in [0.2, 0.25) is 0 Å². The predicted molar refractivity (Wildman–Crippen MR) is 41.0 cm³/mol. The third-order valence-electron chi connectivity index (χ3n) is 2.32. The first-order valence-electron chi connectivity index (χ1n) is 4.35. The van der Waals surface area contributed by atoms with Crippen LogP contribution in [0.2, 0.25) is 0 Å². The van der Waals surface area contributed by atoms with Crippen molar-refractivity contribution >= 4 is 5.91 Å². The summed E-state index contributed by atoms with van der Waals surface area (Å²) in [7, 11) is 0. The molecule has 0 aromatic rings. The van der Waals surface area contributed by atoms with Crippen LogP contribution in [0.1, 0.15) is 25.7 Å². The van der Waals surface area contributed by atoms with E-state index in [1.165, 1.54) is 0 Å². The quantitative estimate of drug-likeness (QED) is 0.731. The van der Waals surface area contributed by atoms with Crippen LogP contribution in [0.5, 0.6) is 0 Å². The van der Waals surface area contributed by atoms with Gasteiger partial charge in [-0.3, -0.25) is 4.79 Å². The average Bonchev–Trinajstić information content (AvgIpc) is 1.91. The number of nitrogens with one attached hydrogen (secondary N) is 1. The van der Waals surface area contributed by atoms with Gasteiger partial charge in [0.15, 0.2) is 0 Å². The smallest absolute Gasteiger partial charge is 0.348 e. The van der Waals surface area contributed by atoms with Gasteiger partial charge in [-0.2, -0.15) is 13.2 Å². The molecule has 1 fully saturated rings. The monoisotopic (exact) mass is 195 g/mol.